The van der Waals surface area contributed by atoms with Crippen molar-refractivity contribution in [3.8, 4) is 0 Å². The van der Waals surface area contributed by atoms with Crippen molar-refractivity contribution in [3.63, 3.8) is 0 Å². The third kappa shape index (κ3) is 3.52. The number of nitrogens with zero attached hydrogens (tertiary/aromatic N) is 4. The maximum atomic E-state index is 10.8. The topological polar surface area (TPSA) is 108 Å². The molecular formula is C23H24ClN5O2. The van der Waals surface area contributed by atoms with Crippen LogP contribution in [-0.2, 0) is 6.42 Å². The molecule has 160 valence electrons. The molecule has 4 unspecified atom stereocenters. The lowest BCUT2D eigenvalue weighted by atomic mass is 10.0. The Morgan fingerprint density at radius 1 is 1.19 bits per heavy atom. The fourth-order valence-electron chi connectivity index (χ4n) is 4.74. The first-order chi connectivity index (χ1) is 14.9. The van der Waals surface area contributed by atoms with E-state index in [0.29, 0.717) is 17.3 Å². The molecule has 3 heterocycles. The van der Waals surface area contributed by atoms with Crippen molar-refractivity contribution >= 4 is 40.2 Å². The van der Waals surface area contributed by atoms with Gasteiger partial charge in [0.1, 0.15) is 24.1 Å². The SMILES string of the molecule is Cc1ncnc2c1CCN2C1CC(/C=C/c2ccc3cc(Cl)c(N)nc3c2)C(O)C1O. The zero-order valence-electron chi connectivity index (χ0n) is 17.1. The van der Waals surface area contributed by atoms with E-state index in [4.69, 9.17) is 17.3 Å². The predicted molar refractivity (Wildman–Crippen MR) is 122 cm³/mol. The summed E-state index contributed by atoms with van der Waals surface area (Å²) in [6.45, 7) is 2.76. The molecule has 2 aliphatic rings. The van der Waals surface area contributed by atoms with Crippen molar-refractivity contribution in [1.29, 1.82) is 0 Å². The van der Waals surface area contributed by atoms with Gasteiger partial charge in [0.25, 0.3) is 0 Å². The lowest BCUT2D eigenvalue weighted by molar-refractivity contribution is 0.0229. The Labute approximate surface area is 185 Å². The molecule has 1 fully saturated rings. The minimum absolute atomic E-state index is 0.161. The summed E-state index contributed by atoms with van der Waals surface area (Å²) in [6, 6.07) is 7.47. The zero-order valence-corrected chi connectivity index (χ0v) is 17.9. The van der Waals surface area contributed by atoms with Crippen molar-refractivity contribution in [2.24, 2.45) is 5.92 Å². The second kappa shape index (κ2) is 7.75. The van der Waals surface area contributed by atoms with Crippen LogP contribution < -0.4 is 10.6 Å². The summed E-state index contributed by atoms with van der Waals surface area (Å²) in [5.41, 5.74) is 9.64. The molecular weight excluding hydrogens is 414 g/mol. The molecule has 4 N–H and O–H groups in total. The molecule has 0 spiro atoms. The minimum Gasteiger partial charge on any atom is -0.390 e. The number of hydrogen-bond acceptors (Lipinski definition) is 7. The molecule has 0 amide bonds. The van der Waals surface area contributed by atoms with Crippen LogP contribution >= 0.6 is 11.6 Å². The first-order valence-corrected chi connectivity index (χ1v) is 10.8. The molecule has 1 saturated carbocycles. The fraction of sp³-hybridized carbons (Fsp3) is 0.348. The summed E-state index contributed by atoms with van der Waals surface area (Å²) in [6.07, 6.45) is 5.33. The summed E-state index contributed by atoms with van der Waals surface area (Å²) < 4.78 is 0. The number of hydrogen-bond donors (Lipinski definition) is 3. The number of benzene rings is 1. The van der Waals surface area contributed by atoms with Crippen LogP contribution in [0.1, 0.15) is 23.2 Å². The van der Waals surface area contributed by atoms with Crippen LogP contribution in [0, 0.1) is 12.8 Å². The van der Waals surface area contributed by atoms with Gasteiger partial charge >= 0.3 is 0 Å². The Morgan fingerprint density at radius 2 is 2.03 bits per heavy atom. The second-order valence-corrected chi connectivity index (χ2v) is 8.73. The van der Waals surface area contributed by atoms with Gasteiger partial charge in [0.2, 0.25) is 0 Å². The van der Waals surface area contributed by atoms with Crippen molar-refractivity contribution < 1.29 is 10.2 Å². The smallest absolute Gasteiger partial charge is 0.142 e. The van der Waals surface area contributed by atoms with Gasteiger partial charge in [-0.1, -0.05) is 35.9 Å². The standard InChI is InChI=1S/C23H24ClN5O2/c1-12-16-6-7-29(23(16)27-11-26-12)19-10-15(20(30)21(19)31)5-3-13-2-4-14-9-17(24)22(25)28-18(14)8-13/h2-5,8-9,11,15,19-21,30-31H,6-7,10H2,1H3,(H2,25,28)/b5-3+. The average Bonchev–Trinajstić information content (AvgIpc) is 3.30. The maximum absolute atomic E-state index is 10.8. The molecule has 31 heavy (non-hydrogen) atoms. The van der Waals surface area contributed by atoms with E-state index in [1.165, 1.54) is 0 Å². The first kappa shape index (κ1) is 20.2. The van der Waals surface area contributed by atoms with Crippen LogP contribution in [-0.4, -0.2) is 50.0 Å². The van der Waals surface area contributed by atoms with Crippen molar-refractivity contribution in [1.82, 2.24) is 15.0 Å². The normalized spacial score (nSPS) is 25.6. The van der Waals surface area contributed by atoms with Gasteiger partial charge in [0.15, 0.2) is 0 Å². The number of anilines is 2. The summed E-state index contributed by atoms with van der Waals surface area (Å²) in [5.74, 6) is 1.02. The van der Waals surface area contributed by atoms with Crippen LogP contribution in [0.25, 0.3) is 17.0 Å². The quantitative estimate of drug-likeness (QED) is 0.578. The van der Waals surface area contributed by atoms with Crippen LogP contribution in [0.4, 0.5) is 11.6 Å². The van der Waals surface area contributed by atoms with Gasteiger partial charge in [-0.3, -0.25) is 0 Å². The first-order valence-electron chi connectivity index (χ1n) is 10.4. The van der Waals surface area contributed by atoms with Gasteiger partial charge in [-0.15, -0.1) is 0 Å². The van der Waals surface area contributed by atoms with E-state index in [0.717, 1.165) is 46.5 Å². The van der Waals surface area contributed by atoms with E-state index >= 15 is 0 Å². The Morgan fingerprint density at radius 3 is 2.87 bits per heavy atom. The highest BCUT2D eigenvalue weighted by molar-refractivity contribution is 6.33. The van der Waals surface area contributed by atoms with Crippen molar-refractivity contribution in [2.75, 3.05) is 17.2 Å². The molecule has 0 bridgehead atoms. The molecule has 0 radical (unpaired) electrons. The van der Waals surface area contributed by atoms with Gasteiger partial charge in [0, 0.05) is 29.1 Å². The highest BCUT2D eigenvalue weighted by atomic mass is 35.5. The van der Waals surface area contributed by atoms with E-state index in [1.807, 2.05) is 37.3 Å². The number of nitrogen functional groups attached to an aromatic ring is 1. The number of nitrogens with two attached hydrogens (primary N) is 1. The van der Waals surface area contributed by atoms with E-state index in [9.17, 15) is 10.2 Å². The Kier molecular flexibility index (Phi) is 5.04. The van der Waals surface area contributed by atoms with Crippen molar-refractivity contribution in [3.05, 3.63) is 58.5 Å². The van der Waals surface area contributed by atoms with Gasteiger partial charge in [-0.25, -0.2) is 15.0 Å². The number of aromatic nitrogens is 3. The van der Waals surface area contributed by atoms with E-state index in [2.05, 4.69) is 19.9 Å². The zero-order chi connectivity index (χ0) is 21.7. The van der Waals surface area contributed by atoms with E-state index < -0.39 is 12.2 Å². The highest BCUT2D eigenvalue weighted by Gasteiger charge is 2.45. The Bertz CT molecular complexity index is 1180. The maximum Gasteiger partial charge on any atom is 0.142 e. The number of pyridine rings is 1. The molecule has 1 aliphatic carbocycles. The molecule has 1 aliphatic heterocycles. The summed E-state index contributed by atoms with van der Waals surface area (Å²) >= 11 is 6.05. The fourth-order valence-corrected chi connectivity index (χ4v) is 4.90. The lowest BCUT2D eigenvalue weighted by Crippen LogP contribution is -2.43. The van der Waals surface area contributed by atoms with Crippen LogP contribution in [0.3, 0.4) is 0 Å². The second-order valence-electron chi connectivity index (χ2n) is 8.32. The van der Waals surface area contributed by atoms with E-state index in [-0.39, 0.29) is 12.0 Å². The summed E-state index contributed by atoms with van der Waals surface area (Å²) in [7, 11) is 0. The van der Waals surface area contributed by atoms with E-state index in [1.54, 1.807) is 12.4 Å². The number of halogens is 1. The van der Waals surface area contributed by atoms with Crippen LogP contribution in [0.5, 0.6) is 0 Å². The largest absolute Gasteiger partial charge is 0.390 e. The third-order valence-corrected chi connectivity index (χ3v) is 6.77. The van der Waals surface area contributed by atoms with Gasteiger partial charge in [-0.2, -0.15) is 0 Å². The average molecular weight is 438 g/mol. The van der Waals surface area contributed by atoms with Gasteiger partial charge < -0.3 is 20.8 Å². The molecule has 5 rings (SSSR count). The summed E-state index contributed by atoms with van der Waals surface area (Å²) in [5, 5.41) is 22.8. The summed E-state index contributed by atoms with van der Waals surface area (Å²) in [4.78, 5) is 15.2. The number of rotatable bonds is 3. The Balaban J connectivity index is 1.36. The highest BCUT2D eigenvalue weighted by Crippen LogP contribution is 2.38. The molecule has 1 aromatic carbocycles. The lowest BCUT2D eigenvalue weighted by Gasteiger charge is -2.28. The van der Waals surface area contributed by atoms with Crippen LogP contribution in [0.15, 0.2) is 36.7 Å². The number of aliphatic hydroxyl groups excluding tert-OH is 2. The molecule has 8 heteroatoms. The third-order valence-electron chi connectivity index (χ3n) is 6.47. The molecule has 3 aromatic rings. The van der Waals surface area contributed by atoms with Crippen molar-refractivity contribution in [2.45, 2.75) is 38.0 Å². The monoisotopic (exact) mass is 437 g/mol. The van der Waals surface area contributed by atoms with Crippen LogP contribution in [0.2, 0.25) is 5.02 Å². The Hall–Kier alpha value is -2.74. The molecule has 0 saturated heterocycles. The molecule has 2 aromatic heterocycles. The molecule has 7 nitrogen and oxygen atoms in total. The molecule has 4 atom stereocenters. The number of aryl methyl sites for hydroxylation is 1. The predicted octanol–water partition coefficient (Wildman–Crippen LogP) is 2.76. The van der Waals surface area contributed by atoms with Gasteiger partial charge in [-0.05, 0) is 37.5 Å². The minimum atomic E-state index is -0.837. The van der Waals surface area contributed by atoms with Gasteiger partial charge in [0.05, 0.1) is 22.7 Å². The number of fused-ring (bicyclic) bond motifs is 2. The number of aliphatic hydroxyl groups is 2.